The molecule has 4 atom stereocenters. The summed E-state index contributed by atoms with van der Waals surface area (Å²) >= 11 is 0. The van der Waals surface area contributed by atoms with Crippen molar-refractivity contribution in [3.8, 4) is 0 Å². The van der Waals surface area contributed by atoms with Gasteiger partial charge in [-0.2, -0.15) is 0 Å². The molecule has 7 heterocycles. The van der Waals surface area contributed by atoms with Crippen molar-refractivity contribution in [3.05, 3.63) is 246 Å². The summed E-state index contributed by atoms with van der Waals surface area (Å²) in [6.45, 7) is 52.3. The smallest absolute Gasteiger partial charge is 0.127 e. The largest absolute Gasteiger partial charge is 0.379 e. The first-order valence-corrected chi connectivity index (χ1v) is 51.7. The quantitative estimate of drug-likeness (QED) is 0.0968. The van der Waals surface area contributed by atoms with Gasteiger partial charge in [0.15, 0.2) is 0 Å². The summed E-state index contributed by atoms with van der Waals surface area (Å²) in [5, 5.41) is 0. The molecule has 21 heteroatoms. The molecular weight excluding hydrogens is 1870 g/mol. The third-order valence-corrected chi connectivity index (χ3v) is 24.1. The average molecular weight is 2100 g/mol. The number of morpholine rings is 7. The summed E-state index contributed by atoms with van der Waals surface area (Å²) in [5.74, 6) is -3.75. The maximum absolute atomic E-state index is 15.0. The molecule has 7 saturated heterocycles. The molecule has 7 aliphatic rings. The zero-order valence-corrected chi connectivity index (χ0v) is 96.8. The Kier molecular flexibility index (Phi) is 28.9. The monoisotopic (exact) mass is 2100 g/mol. The average Bonchev–Trinajstić information content (AvgIpc) is 0.673. The number of ether oxygens (including phenoxy) is 7. The molecule has 0 aromatic heterocycles. The van der Waals surface area contributed by atoms with Crippen LogP contribution >= 0.6 is 0 Å². The van der Waals surface area contributed by atoms with E-state index in [1.807, 2.05) is 158 Å². The van der Waals surface area contributed by atoms with Crippen molar-refractivity contribution in [2.75, 3.05) is 105 Å². The molecule has 148 heavy (non-hydrogen) atoms. The van der Waals surface area contributed by atoms with E-state index in [1.54, 1.807) is 115 Å². The van der Waals surface area contributed by atoms with Crippen LogP contribution < -0.4 is 0 Å². The second-order valence-corrected chi connectivity index (χ2v) is 52.5. The predicted octanol–water partition coefficient (Wildman–Crippen LogP) is 29.3. The molecule has 0 radical (unpaired) electrons. The highest BCUT2D eigenvalue weighted by atomic mass is 19.2. The van der Waals surface area contributed by atoms with Gasteiger partial charge in [0.1, 0.15) is 40.7 Å². The molecule has 0 bridgehead atoms. The van der Waals surface area contributed by atoms with Gasteiger partial charge >= 0.3 is 0 Å². The lowest BCUT2D eigenvalue weighted by Gasteiger charge is -2.47. The molecule has 7 aromatic rings. The minimum Gasteiger partial charge on any atom is -0.379 e. The highest BCUT2D eigenvalue weighted by Crippen LogP contribution is 2.40. The van der Waals surface area contributed by atoms with Gasteiger partial charge in [-0.1, -0.05) is 230 Å². The van der Waals surface area contributed by atoms with Gasteiger partial charge in [-0.15, -0.1) is 0 Å². The van der Waals surface area contributed by atoms with Gasteiger partial charge in [0.2, 0.25) is 0 Å². The van der Waals surface area contributed by atoms with E-state index in [2.05, 4.69) is 38.7 Å². The summed E-state index contributed by atoms with van der Waals surface area (Å²) < 4.78 is 392. The van der Waals surface area contributed by atoms with Crippen LogP contribution in [0.15, 0.2) is 127 Å². The fourth-order valence-corrected chi connectivity index (χ4v) is 19.4. The van der Waals surface area contributed by atoms with Gasteiger partial charge in [-0.25, -0.2) is 30.7 Å². The molecule has 7 aliphatic heterocycles. The van der Waals surface area contributed by atoms with Crippen LogP contribution in [-0.4, -0.2) is 207 Å². The molecule has 0 N–H and O–H groups in total. The Bertz CT molecular complexity index is 6920. The van der Waals surface area contributed by atoms with Crippen molar-refractivity contribution in [1.29, 1.82) is 0 Å². The minimum absolute atomic E-state index is 0.0262. The van der Waals surface area contributed by atoms with Gasteiger partial charge in [0.05, 0.1) is 89.7 Å². The fourth-order valence-electron chi connectivity index (χ4n) is 19.4. The van der Waals surface area contributed by atoms with E-state index >= 15 is 0 Å². The van der Waals surface area contributed by atoms with Crippen molar-refractivity contribution in [2.24, 2.45) is 0 Å². The first kappa shape index (κ1) is 87.7. The van der Waals surface area contributed by atoms with Crippen LogP contribution in [0.1, 0.15) is 417 Å². The van der Waals surface area contributed by atoms with Crippen molar-refractivity contribution >= 4 is 0 Å². The van der Waals surface area contributed by atoms with Gasteiger partial charge < -0.3 is 33.2 Å². The van der Waals surface area contributed by atoms with E-state index in [0.717, 1.165) is 55.6 Å². The standard InChI is InChI=1S/5C19H30FNO.C17H26FNO.C15H22FNO/c5*1-17(2,3)15-9-8-14(10-16(15)20)11-21-12-18(4,5)22-19(6,7)13-21;1-12-9-19(10-13(2)20-12)11-14-6-7-16(18)15(8-14)17(3,4)5;1-15(2,3)13-10-12(4-5-14(13)16)11-17-6-8-18-9-7-17/h5*8-10H,11-13H2,1-7H3;6-8,12-13H,9-11H2,1-5H3;4-5,10H,6-9,11H2,1-3H3/i8D,9D,10D,11D2;4D3,11D2,12D2,13D2;4D3,12D2,13D2;11D2;;6D,7D,8D,11D2;11D2. The van der Waals surface area contributed by atoms with Gasteiger partial charge in [-0.3, -0.25) is 34.3 Å². The van der Waals surface area contributed by atoms with Crippen LogP contribution in [0, 0.1) is 40.7 Å². The molecular formula is C127H198F7N7O7. The molecule has 0 spiro atoms. The fraction of sp³-hybridized carbons (Fsp3) is 0.669. The predicted molar refractivity (Wildman–Crippen MR) is 600 cm³/mol. The van der Waals surface area contributed by atoms with E-state index in [9.17, 15) is 30.7 Å². The summed E-state index contributed by atoms with van der Waals surface area (Å²) in [7, 11) is 0. The minimum atomic E-state index is -3.14. The third-order valence-electron chi connectivity index (χ3n) is 24.1. The van der Waals surface area contributed by atoms with Crippen molar-refractivity contribution in [1.82, 2.24) is 34.3 Å². The maximum atomic E-state index is 15.0. The molecule has 4 unspecified atom stereocenters. The number of hydrogen-bond acceptors (Lipinski definition) is 14. The van der Waals surface area contributed by atoms with E-state index in [0.29, 0.717) is 91.4 Å². The van der Waals surface area contributed by atoms with Gasteiger partial charge in [-0.05, 0) is 310 Å². The molecule has 14 nitrogen and oxygen atoms in total. The molecule has 7 aromatic carbocycles. The van der Waals surface area contributed by atoms with E-state index in [-0.39, 0.29) is 116 Å². The van der Waals surface area contributed by atoms with E-state index in [1.165, 1.54) is 67.8 Å². The van der Waals surface area contributed by atoms with Crippen molar-refractivity contribution in [2.45, 2.75) is 449 Å². The molecule has 0 aliphatic carbocycles. The summed E-state index contributed by atoms with van der Waals surface area (Å²) in [6, 6.07) is 20.0. The van der Waals surface area contributed by atoms with Crippen LogP contribution in [0.5, 0.6) is 0 Å². The Morgan fingerprint density at radius 2 is 0.574 bits per heavy atom. The molecule has 14 rings (SSSR count). The second kappa shape index (κ2) is 48.9. The number of nitrogens with zero attached hydrogens (tertiary/aromatic N) is 7. The van der Waals surface area contributed by atoms with Crippen LogP contribution in [-0.2, 0) is 117 Å². The van der Waals surface area contributed by atoms with E-state index < -0.39 is 192 Å². The lowest BCUT2D eigenvalue weighted by Crippen LogP contribution is -2.56. The van der Waals surface area contributed by atoms with Gasteiger partial charge in [0.25, 0.3) is 0 Å². The topological polar surface area (TPSA) is 87.3 Å². The Morgan fingerprint density at radius 3 is 0.953 bits per heavy atom. The zero-order chi connectivity index (χ0) is 138. The van der Waals surface area contributed by atoms with Crippen molar-refractivity contribution in [3.63, 3.8) is 0 Å². The number of benzene rings is 7. The van der Waals surface area contributed by atoms with Crippen LogP contribution in [0.3, 0.4) is 0 Å². The van der Waals surface area contributed by atoms with Gasteiger partial charge in [0, 0.05) is 170 Å². The molecule has 0 saturated carbocycles. The SMILES string of the molecule is CC1(C)CN(Cc2ccc(C(C)(C)C)c(F)c2)CC(C)(C)O1.[2H]C([2H])([2H])C1(C)OC(C)(C)C([2H])([2H])N(Cc2ccc(C(C)(C)C)c(F)c2)C1([2H])[2H].[2H]C([2H])(c1ccc(C(C)(C)C)c(F)c1)N1C([2H])([2H])C(C)(C)OC(C)(C([2H])([2H])[2H])C1([2H])[2H].[2H]C([2H])(c1ccc(C(C)(C)C)c(F)c1)N1CC(C)(C)OC(C)(C)C1.[2H]C([2H])(c1ccc(F)c(C(C)(C)C)c1)N1CCOCC1.[2H]c1c([2H])c(C([2H])([2H])N2CC(C)(C)OC(C)(C)C2)c([2H])c(F)c1C(C)(C)C.[2H]c1c([2H])c(C([2H])([2H])N2CC(C)OC(C)C2)c([2H])c(C(C)(C)C)c1F. The van der Waals surface area contributed by atoms with Crippen molar-refractivity contribution < 1.29 is 105 Å². The summed E-state index contributed by atoms with van der Waals surface area (Å²) in [5.41, 5.74) is -10.4. The Hall–Kier alpha value is -6.51. The number of hydrogen-bond donors (Lipinski definition) is 0. The first-order valence-electron chi connectivity index (χ1n) is 66.7. The number of rotatable bonds is 14. The molecule has 7 fully saturated rings. The molecule has 0 amide bonds. The lowest BCUT2D eigenvalue weighted by atomic mass is 9.85. The third kappa shape index (κ3) is 41.3. The highest BCUT2D eigenvalue weighted by Gasteiger charge is 2.45. The maximum Gasteiger partial charge on any atom is 0.127 e. The number of halogens is 7. The molecule has 832 valence electrons. The van der Waals surface area contributed by atoms with Crippen LogP contribution in [0.25, 0.3) is 0 Å². The Balaban J connectivity index is 0.000000250. The van der Waals surface area contributed by atoms with Crippen LogP contribution in [0.2, 0.25) is 0 Å². The summed E-state index contributed by atoms with van der Waals surface area (Å²) in [6.07, 6.45) is -0.389. The highest BCUT2D eigenvalue weighted by molar-refractivity contribution is 5.37. The zero-order valence-electron chi connectivity index (χ0n) is 127. The second-order valence-electron chi connectivity index (χ2n) is 52.5. The summed E-state index contributed by atoms with van der Waals surface area (Å²) in [4.78, 5) is 9.92. The van der Waals surface area contributed by atoms with E-state index in [4.69, 9.17) is 74.3 Å². The Morgan fingerprint density at radius 1 is 0.284 bits per heavy atom. The van der Waals surface area contributed by atoms with Crippen LogP contribution in [0.4, 0.5) is 30.7 Å². The lowest BCUT2D eigenvalue weighted by molar-refractivity contribution is -0.182. The Labute approximate surface area is 935 Å². The normalized spacial score (nSPS) is 28.1. The first-order chi connectivity index (χ1) is 79.1.